The van der Waals surface area contributed by atoms with Gasteiger partial charge in [-0.05, 0) is 39.2 Å². The van der Waals surface area contributed by atoms with E-state index in [2.05, 4.69) is 26.5 Å². The Labute approximate surface area is 125 Å². The number of hydrogen-bond acceptors (Lipinski definition) is 5. The Kier molecular flexibility index (Phi) is 4.73. The zero-order valence-electron chi connectivity index (χ0n) is 12.8. The lowest BCUT2D eigenvalue weighted by Crippen LogP contribution is -2.41. The second-order valence-electron chi connectivity index (χ2n) is 5.38. The van der Waals surface area contributed by atoms with Crippen molar-refractivity contribution in [2.24, 2.45) is 5.92 Å². The molecule has 1 saturated heterocycles. The molecule has 1 aromatic heterocycles. The normalized spacial score (nSPS) is 15.6. The molecule has 2 rings (SSSR count). The number of amides is 1. The third-order valence-corrected chi connectivity index (χ3v) is 4.06. The Morgan fingerprint density at radius 2 is 2.05 bits per heavy atom. The molecule has 1 aliphatic rings. The van der Waals surface area contributed by atoms with Crippen LogP contribution in [0.3, 0.4) is 0 Å². The Hall–Kier alpha value is -2.16. The first-order valence-corrected chi connectivity index (χ1v) is 7.35. The van der Waals surface area contributed by atoms with Crippen molar-refractivity contribution < 1.29 is 4.79 Å². The van der Waals surface area contributed by atoms with Crippen LogP contribution >= 0.6 is 0 Å². The van der Waals surface area contributed by atoms with Crippen LogP contribution in [0.25, 0.3) is 0 Å². The molecular weight excluding hydrogens is 266 g/mol. The molecule has 0 atom stereocenters. The second kappa shape index (κ2) is 6.53. The summed E-state index contributed by atoms with van der Waals surface area (Å²) in [7, 11) is 0. The van der Waals surface area contributed by atoms with Crippen LogP contribution in [0.5, 0.6) is 0 Å². The largest absolute Gasteiger partial charge is 0.356 e. The summed E-state index contributed by atoms with van der Waals surface area (Å²) in [6, 6.07) is 2.23. The molecule has 0 unspecified atom stereocenters. The summed E-state index contributed by atoms with van der Waals surface area (Å²) in [6.45, 7) is 7.81. The number of nitriles is 1. The van der Waals surface area contributed by atoms with Crippen molar-refractivity contribution in [3.63, 3.8) is 0 Å². The van der Waals surface area contributed by atoms with Gasteiger partial charge in [0.25, 0.3) is 0 Å². The van der Waals surface area contributed by atoms with Crippen LogP contribution in [0.2, 0.25) is 0 Å². The summed E-state index contributed by atoms with van der Waals surface area (Å²) in [5.74, 6) is 0.838. The number of rotatable bonds is 3. The van der Waals surface area contributed by atoms with Crippen molar-refractivity contribution in [1.82, 2.24) is 15.5 Å². The van der Waals surface area contributed by atoms with Crippen LogP contribution in [0.4, 0.5) is 5.82 Å². The Balaban J connectivity index is 2.11. The lowest BCUT2D eigenvalue weighted by atomic mass is 9.95. The number of piperidine rings is 1. The van der Waals surface area contributed by atoms with Gasteiger partial charge in [0.2, 0.25) is 5.91 Å². The van der Waals surface area contributed by atoms with Gasteiger partial charge in [-0.3, -0.25) is 4.79 Å². The fourth-order valence-electron chi connectivity index (χ4n) is 2.62. The average molecular weight is 287 g/mol. The maximum Gasteiger partial charge on any atom is 0.223 e. The molecular formula is C15H21N5O. The van der Waals surface area contributed by atoms with Crippen molar-refractivity contribution in [2.75, 3.05) is 24.5 Å². The van der Waals surface area contributed by atoms with E-state index in [1.807, 2.05) is 20.8 Å². The Morgan fingerprint density at radius 1 is 1.38 bits per heavy atom. The van der Waals surface area contributed by atoms with E-state index in [-0.39, 0.29) is 11.8 Å². The van der Waals surface area contributed by atoms with Gasteiger partial charge >= 0.3 is 0 Å². The number of hydrogen-bond donors (Lipinski definition) is 1. The highest BCUT2D eigenvalue weighted by atomic mass is 16.1. The zero-order chi connectivity index (χ0) is 15.4. The molecule has 0 radical (unpaired) electrons. The minimum absolute atomic E-state index is 0.0613. The molecule has 0 spiro atoms. The minimum Gasteiger partial charge on any atom is -0.356 e. The van der Waals surface area contributed by atoms with E-state index in [0.29, 0.717) is 17.9 Å². The summed E-state index contributed by atoms with van der Waals surface area (Å²) in [4.78, 5) is 13.9. The van der Waals surface area contributed by atoms with E-state index in [0.717, 1.165) is 37.2 Å². The third-order valence-electron chi connectivity index (χ3n) is 4.06. The number of carbonyl (C=O) groups is 1. The van der Waals surface area contributed by atoms with Crippen LogP contribution in [0.15, 0.2) is 0 Å². The van der Waals surface area contributed by atoms with Crippen LogP contribution in [0, 0.1) is 31.1 Å². The van der Waals surface area contributed by atoms with E-state index in [1.165, 1.54) is 0 Å². The fraction of sp³-hybridized carbons (Fsp3) is 0.600. The van der Waals surface area contributed by atoms with Crippen molar-refractivity contribution in [1.29, 1.82) is 5.26 Å². The molecule has 0 aromatic carbocycles. The first-order valence-electron chi connectivity index (χ1n) is 7.35. The van der Waals surface area contributed by atoms with E-state index in [1.54, 1.807) is 0 Å². The van der Waals surface area contributed by atoms with E-state index >= 15 is 0 Å². The van der Waals surface area contributed by atoms with Crippen molar-refractivity contribution in [2.45, 2.75) is 33.6 Å². The maximum atomic E-state index is 11.9. The molecule has 1 amide bonds. The van der Waals surface area contributed by atoms with Gasteiger partial charge in [-0.1, -0.05) is 0 Å². The van der Waals surface area contributed by atoms with Crippen molar-refractivity contribution >= 4 is 11.7 Å². The first-order chi connectivity index (χ1) is 10.1. The number of aryl methyl sites for hydroxylation is 1. The van der Waals surface area contributed by atoms with E-state index in [9.17, 15) is 10.1 Å². The van der Waals surface area contributed by atoms with Gasteiger partial charge in [-0.25, -0.2) is 0 Å². The fourth-order valence-corrected chi connectivity index (χ4v) is 2.62. The SMILES string of the molecule is CCNC(=O)C1CCN(c2nnc(C)c(C)c2C#N)CC1. The molecule has 21 heavy (non-hydrogen) atoms. The number of carbonyl (C=O) groups excluding carboxylic acids is 1. The summed E-state index contributed by atoms with van der Waals surface area (Å²) >= 11 is 0. The summed E-state index contributed by atoms with van der Waals surface area (Å²) in [5, 5.41) is 20.5. The van der Waals surface area contributed by atoms with Crippen LogP contribution in [0.1, 0.15) is 36.6 Å². The Bertz CT molecular complexity index is 570. The summed E-state index contributed by atoms with van der Waals surface area (Å²) < 4.78 is 0. The zero-order valence-corrected chi connectivity index (χ0v) is 12.8. The predicted molar refractivity (Wildman–Crippen MR) is 79.8 cm³/mol. The first kappa shape index (κ1) is 15.2. The molecule has 0 saturated carbocycles. The highest BCUT2D eigenvalue weighted by molar-refractivity contribution is 5.79. The molecule has 0 aliphatic carbocycles. The lowest BCUT2D eigenvalue weighted by Gasteiger charge is -2.32. The van der Waals surface area contributed by atoms with Crippen molar-refractivity contribution in [3.05, 3.63) is 16.8 Å². The quantitative estimate of drug-likeness (QED) is 0.906. The Morgan fingerprint density at radius 3 is 2.62 bits per heavy atom. The molecule has 0 bridgehead atoms. The van der Waals surface area contributed by atoms with Gasteiger partial charge in [-0.15, -0.1) is 5.10 Å². The van der Waals surface area contributed by atoms with Gasteiger partial charge in [0.05, 0.1) is 5.69 Å². The summed E-state index contributed by atoms with van der Waals surface area (Å²) in [5.41, 5.74) is 2.26. The number of nitrogens with zero attached hydrogens (tertiary/aromatic N) is 4. The number of nitrogens with one attached hydrogen (secondary N) is 1. The van der Waals surface area contributed by atoms with Gasteiger partial charge in [0.1, 0.15) is 11.6 Å². The highest BCUT2D eigenvalue weighted by Crippen LogP contribution is 2.26. The van der Waals surface area contributed by atoms with Crippen LogP contribution < -0.4 is 10.2 Å². The summed E-state index contributed by atoms with van der Waals surface area (Å²) in [6.07, 6.45) is 1.57. The molecule has 1 fully saturated rings. The molecule has 1 aromatic rings. The average Bonchev–Trinajstić information content (AvgIpc) is 2.50. The standard InChI is InChI=1S/C15H21N5O/c1-4-17-15(21)12-5-7-20(8-6-12)14-13(9-16)10(2)11(3)18-19-14/h12H,4-8H2,1-3H3,(H,17,21). The van der Waals surface area contributed by atoms with Gasteiger partial charge < -0.3 is 10.2 Å². The van der Waals surface area contributed by atoms with Crippen LogP contribution in [-0.2, 0) is 4.79 Å². The van der Waals surface area contributed by atoms with Gasteiger partial charge in [-0.2, -0.15) is 10.4 Å². The molecule has 6 heteroatoms. The van der Waals surface area contributed by atoms with Gasteiger partial charge in [0.15, 0.2) is 5.82 Å². The van der Waals surface area contributed by atoms with E-state index in [4.69, 9.17) is 0 Å². The number of anilines is 1. The molecule has 1 N–H and O–H groups in total. The lowest BCUT2D eigenvalue weighted by molar-refractivity contribution is -0.125. The third kappa shape index (κ3) is 3.13. The molecule has 6 nitrogen and oxygen atoms in total. The molecule has 2 heterocycles. The monoisotopic (exact) mass is 287 g/mol. The topological polar surface area (TPSA) is 81.9 Å². The van der Waals surface area contributed by atoms with Crippen molar-refractivity contribution in [3.8, 4) is 6.07 Å². The van der Waals surface area contributed by atoms with Crippen LogP contribution in [-0.4, -0.2) is 35.7 Å². The maximum absolute atomic E-state index is 11.9. The molecule has 1 aliphatic heterocycles. The minimum atomic E-state index is 0.0613. The predicted octanol–water partition coefficient (Wildman–Crippen LogP) is 1.32. The second-order valence-corrected chi connectivity index (χ2v) is 5.38. The highest BCUT2D eigenvalue weighted by Gasteiger charge is 2.27. The van der Waals surface area contributed by atoms with Gasteiger partial charge in [0, 0.05) is 25.6 Å². The molecule has 112 valence electrons. The smallest absolute Gasteiger partial charge is 0.223 e. The van der Waals surface area contributed by atoms with E-state index < -0.39 is 0 Å². The number of aromatic nitrogens is 2.